The molecule has 0 saturated heterocycles. The van der Waals surface area contributed by atoms with Gasteiger partial charge >= 0.3 is 0 Å². The first-order valence-electron chi connectivity index (χ1n) is 5.68. The van der Waals surface area contributed by atoms with E-state index in [0.29, 0.717) is 16.9 Å². The van der Waals surface area contributed by atoms with Gasteiger partial charge in [-0.1, -0.05) is 30.3 Å². The van der Waals surface area contributed by atoms with E-state index in [1.165, 1.54) is 0 Å². The molecule has 1 N–H and O–H groups in total. The fourth-order valence-corrected chi connectivity index (χ4v) is 2.04. The second-order valence-electron chi connectivity index (χ2n) is 4.53. The lowest BCUT2D eigenvalue weighted by Crippen LogP contribution is -2.49. The van der Waals surface area contributed by atoms with Gasteiger partial charge in [0.15, 0.2) is 0 Å². The Morgan fingerprint density at radius 2 is 1.82 bits per heavy atom. The molecule has 0 spiro atoms. The summed E-state index contributed by atoms with van der Waals surface area (Å²) in [5.41, 5.74) is -0.522. The van der Waals surface area contributed by atoms with Crippen molar-refractivity contribution < 1.29 is 14.6 Å². The van der Waals surface area contributed by atoms with Gasteiger partial charge in [-0.15, -0.1) is 0 Å². The smallest absolute Gasteiger partial charge is 0.210 e. The minimum atomic E-state index is -1.59. The van der Waals surface area contributed by atoms with Gasteiger partial charge in [0.1, 0.15) is 5.76 Å². The van der Waals surface area contributed by atoms with Crippen LogP contribution in [0.25, 0.3) is 0 Å². The van der Waals surface area contributed by atoms with Crippen molar-refractivity contribution >= 4 is 5.78 Å². The Morgan fingerprint density at radius 3 is 2.35 bits per heavy atom. The molecule has 0 bridgehead atoms. The first kappa shape index (κ1) is 11.9. The molecule has 90 valence electrons. The summed E-state index contributed by atoms with van der Waals surface area (Å²) in [6.07, 6.45) is -0.0664. The van der Waals surface area contributed by atoms with Crippen LogP contribution in [-0.2, 0) is 15.1 Å². The number of carbonyl (C=O) groups is 1. The minimum absolute atomic E-state index is 0.0664. The van der Waals surface area contributed by atoms with Gasteiger partial charge in [0.2, 0.25) is 11.4 Å². The lowest BCUT2D eigenvalue weighted by molar-refractivity contribution is -0.142. The first-order valence-corrected chi connectivity index (χ1v) is 5.68. The van der Waals surface area contributed by atoms with Crippen LogP contribution in [0.2, 0.25) is 0 Å². The minimum Gasteiger partial charge on any atom is -0.491 e. The molecule has 1 aromatic carbocycles. The number of Topliss-reactive ketones (excluding diaryl/α,β-unsaturated/α-hetero) is 1. The van der Waals surface area contributed by atoms with Gasteiger partial charge in [-0.25, -0.2) is 0 Å². The largest absolute Gasteiger partial charge is 0.491 e. The zero-order valence-electron chi connectivity index (χ0n) is 10.2. The third-order valence-electron chi connectivity index (χ3n) is 2.88. The van der Waals surface area contributed by atoms with Gasteiger partial charge < -0.3 is 9.84 Å². The van der Waals surface area contributed by atoms with Gasteiger partial charge in [0.25, 0.3) is 0 Å². The maximum absolute atomic E-state index is 11.9. The summed E-state index contributed by atoms with van der Waals surface area (Å²) in [7, 11) is 0. The van der Waals surface area contributed by atoms with Crippen LogP contribution in [0.3, 0.4) is 0 Å². The molecule has 0 saturated carbocycles. The van der Waals surface area contributed by atoms with Crippen molar-refractivity contribution in [2.24, 2.45) is 0 Å². The topological polar surface area (TPSA) is 46.5 Å². The second-order valence-corrected chi connectivity index (χ2v) is 4.53. The van der Waals surface area contributed by atoms with E-state index in [9.17, 15) is 9.90 Å². The summed E-state index contributed by atoms with van der Waals surface area (Å²) >= 11 is 0. The highest BCUT2D eigenvalue weighted by Crippen LogP contribution is 2.44. The molecular weight excluding hydrogens is 216 g/mol. The van der Waals surface area contributed by atoms with Crippen LogP contribution in [0.4, 0.5) is 0 Å². The first-order chi connectivity index (χ1) is 7.98. The normalized spacial score (nSPS) is 23.9. The molecule has 0 aliphatic heterocycles. The van der Waals surface area contributed by atoms with Gasteiger partial charge in [0.05, 0.1) is 6.10 Å². The van der Waals surface area contributed by atoms with E-state index in [0.717, 1.165) is 0 Å². The Labute approximate surface area is 101 Å². The van der Waals surface area contributed by atoms with Gasteiger partial charge in [-0.05, 0) is 26.3 Å². The Hall–Kier alpha value is -1.61. The second kappa shape index (κ2) is 4.00. The SMILES string of the molecule is CC1=C(OC(C)C)C(O)(c2ccccc2)C1=O. The van der Waals surface area contributed by atoms with Crippen molar-refractivity contribution in [3.63, 3.8) is 0 Å². The predicted octanol–water partition coefficient (Wildman–Crippen LogP) is 2.16. The third kappa shape index (κ3) is 1.67. The fraction of sp³-hybridized carbons (Fsp3) is 0.357. The Kier molecular flexibility index (Phi) is 2.79. The number of benzene rings is 1. The molecule has 3 heteroatoms. The summed E-state index contributed by atoms with van der Waals surface area (Å²) in [4.78, 5) is 11.9. The van der Waals surface area contributed by atoms with E-state index in [4.69, 9.17) is 4.74 Å². The molecule has 1 unspecified atom stereocenters. The van der Waals surface area contributed by atoms with Gasteiger partial charge in [-0.2, -0.15) is 0 Å². The zero-order chi connectivity index (χ0) is 12.6. The number of carbonyl (C=O) groups excluding carboxylic acids is 1. The van der Waals surface area contributed by atoms with Gasteiger partial charge in [-0.3, -0.25) is 4.79 Å². The van der Waals surface area contributed by atoms with Crippen LogP contribution in [-0.4, -0.2) is 17.0 Å². The zero-order valence-corrected chi connectivity index (χ0v) is 10.2. The Bertz CT molecular complexity index is 474. The highest BCUT2D eigenvalue weighted by atomic mass is 16.5. The van der Waals surface area contributed by atoms with E-state index in [1.807, 2.05) is 19.9 Å². The van der Waals surface area contributed by atoms with Crippen molar-refractivity contribution in [2.45, 2.75) is 32.5 Å². The maximum Gasteiger partial charge on any atom is 0.210 e. The summed E-state index contributed by atoms with van der Waals surface area (Å²) in [6.45, 7) is 5.42. The molecule has 17 heavy (non-hydrogen) atoms. The van der Waals surface area contributed by atoms with E-state index in [1.54, 1.807) is 31.2 Å². The van der Waals surface area contributed by atoms with Crippen LogP contribution < -0.4 is 0 Å². The molecule has 1 aliphatic rings. The van der Waals surface area contributed by atoms with Crippen molar-refractivity contribution in [3.05, 3.63) is 47.2 Å². The average molecular weight is 232 g/mol. The summed E-state index contributed by atoms with van der Waals surface area (Å²) in [5.74, 6) is 0.100. The molecule has 2 rings (SSSR count). The summed E-state index contributed by atoms with van der Waals surface area (Å²) in [6, 6.07) is 8.89. The molecule has 0 radical (unpaired) electrons. The van der Waals surface area contributed by atoms with Crippen LogP contribution >= 0.6 is 0 Å². The van der Waals surface area contributed by atoms with E-state index < -0.39 is 5.60 Å². The summed E-state index contributed by atoms with van der Waals surface area (Å²) < 4.78 is 5.55. The molecular formula is C14H16O3. The number of hydrogen-bond donors (Lipinski definition) is 1. The van der Waals surface area contributed by atoms with Crippen molar-refractivity contribution in [1.82, 2.24) is 0 Å². The summed E-state index contributed by atoms with van der Waals surface area (Å²) in [5, 5.41) is 10.5. The monoisotopic (exact) mass is 232 g/mol. The average Bonchev–Trinajstić information content (AvgIpc) is 2.35. The molecule has 1 aromatic rings. The maximum atomic E-state index is 11.9. The van der Waals surface area contributed by atoms with E-state index >= 15 is 0 Å². The lowest BCUT2D eigenvalue weighted by atomic mass is 9.74. The lowest BCUT2D eigenvalue weighted by Gasteiger charge is -2.39. The quantitative estimate of drug-likeness (QED) is 0.868. The molecule has 0 aromatic heterocycles. The van der Waals surface area contributed by atoms with Crippen LogP contribution in [0, 0.1) is 0 Å². The van der Waals surface area contributed by atoms with Crippen LogP contribution in [0.5, 0.6) is 0 Å². The highest BCUT2D eigenvalue weighted by molar-refractivity contribution is 6.11. The molecule has 0 heterocycles. The highest BCUT2D eigenvalue weighted by Gasteiger charge is 2.54. The van der Waals surface area contributed by atoms with Crippen LogP contribution in [0.15, 0.2) is 41.7 Å². The predicted molar refractivity (Wildman–Crippen MR) is 64.3 cm³/mol. The Balaban J connectivity index is 2.43. The standard InChI is InChI=1S/C14H16O3/c1-9(2)17-13-10(3)12(15)14(13,16)11-7-5-4-6-8-11/h4-9,16H,1-3H3. The number of ketones is 1. The number of hydrogen-bond acceptors (Lipinski definition) is 3. The number of rotatable bonds is 3. The van der Waals surface area contributed by atoms with Crippen molar-refractivity contribution in [3.8, 4) is 0 Å². The van der Waals surface area contributed by atoms with Crippen LogP contribution in [0.1, 0.15) is 26.3 Å². The van der Waals surface area contributed by atoms with E-state index in [-0.39, 0.29) is 11.9 Å². The molecule has 1 aliphatic carbocycles. The van der Waals surface area contributed by atoms with Gasteiger partial charge in [0, 0.05) is 5.57 Å². The fourth-order valence-electron chi connectivity index (χ4n) is 2.04. The van der Waals surface area contributed by atoms with E-state index in [2.05, 4.69) is 0 Å². The van der Waals surface area contributed by atoms with Crippen molar-refractivity contribution in [1.29, 1.82) is 0 Å². The third-order valence-corrected chi connectivity index (χ3v) is 2.88. The molecule has 3 nitrogen and oxygen atoms in total. The Morgan fingerprint density at radius 1 is 1.24 bits per heavy atom. The molecule has 0 fully saturated rings. The van der Waals surface area contributed by atoms with Crippen molar-refractivity contribution in [2.75, 3.05) is 0 Å². The molecule has 0 amide bonds. The number of ether oxygens (including phenoxy) is 1. The molecule has 1 atom stereocenters. The number of aliphatic hydroxyl groups is 1.